The monoisotopic (exact) mass is 181 g/mol. The lowest BCUT2D eigenvalue weighted by Gasteiger charge is -2.06. The highest BCUT2D eigenvalue weighted by Crippen LogP contribution is 1.99. The minimum atomic E-state index is -0.962. The number of ether oxygens (including phenoxy) is 1. The molecule has 1 atom stereocenters. The summed E-state index contributed by atoms with van der Waals surface area (Å²) in [6.07, 6.45) is 0.853. The molecule has 1 rings (SSSR count). The van der Waals surface area contributed by atoms with E-state index in [0.29, 0.717) is 0 Å². The Morgan fingerprint density at radius 3 is 3.00 bits per heavy atom. The maximum atomic E-state index is 10.4. The van der Waals surface area contributed by atoms with Crippen molar-refractivity contribution in [1.29, 1.82) is 0 Å². The highest BCUT2D eigenvalue weighted by atomic mass is 16.5. The van der Waals surface area contributed by atoms with Gasteiger partial charge >= 0.3 is 5.97 Å². The topological polar surface area (TPSA) is 59.4 Å². The van der Waals surface area contributed by atoms with Crippen LogP contribution in [0.3, 0.4) is 0 Å². The van der Waals surface area contributed by atoms with Crippen molar-refractivity contribution >= 4 is 5.97 Å². The molecule has 0 aromatic carbocycles. The van der Waals surface area contributed by atoms with Crippen LogP contribution in [-0.2, 0) is 16.1 Å². The highest BCUT2D eigenvalue weighted by Gasteiger charge is 2.10. The summed E-state index contributed by atoms with van der Waals surface area (Å²) >= 11 is 0. The Labute approximate surface area is 76.2 Å². The fraction of sp³-hybridized carbons (Fsp3) is 0.333. The van der Waals surface area contributed by atoms with Gasteiger partial charge in [0, 0.05) is 6.20 Å². The molecule has 0 unspecified atom stereocenters. The normalized spacial score (nSPS) is 12.4. The molecular formula is C9H11NO3. The molecule has 0 saturated heterocycles. The minimum Gasteiger partial charge on any atom is -0.479 e. The molecule has 0 bridgehead atoms. The zero-order valence-corrected chi connectivity index (χ0v) is 7.30. The largest absolute Gasteiger partial charge is 0.479 e. The van der Waals surface area contributed by atoms with E-state index in [1.807, 2.05) is 6.07 Å². The summed E-state index contributed by atoms with van der Waals surface area (Å²) in [6.45, 7) is 1.72. The molecule has 1 aromatic heterocycles. The standard InChI is InChI=1S/C9H11NO3/c1-7(9(11)12)13-6-8-4-2-3-5-10-8/h2-5,7H,6H2,1H3,(H,11,12)/t7-/m1/s1. The van der Waals surface area contributed by atoms with E-state index in [2.05, 4.69) is 4.98 Å². The van der Waals surface area contributed by atoms with Crippen LogP contribution in [0.5, 0.6) is 0 Å². The summed E-state index contributed by atoms with van der Waals surface area (Å²) in [5.41, 5.74) is 0.732. The van der Waals surface area contributed by atoms with Crippen molar-refractivity contribution in [3.63, 3.8) is 0 Å². The fourth-order valence-electron chi connectivity index (χ4n) is 0.765. The van der Waals surface area contributed by atoms with Gasteiger partial charge in [-0.2, -0.15) is 0 Å². The molecule has 0 amide bonds. The van der Waals surface area contributed by atoms with Crippen LogP contribution >= 0.6 is 0 Å². The molecule has 0 radical (unpaired) electrons. The number of aromatic nitrogens is 1. The van der Waals surface area contributed by atoms with E-state index in [0.717, 1.165) is 5.69 Å². The molecule has 0 spiro atoms. The van der Waals surface area contributed by atoms with Crippen molar-refractivity contribution in [1.82, 2.24) is 4.98 Å². The zero-order valence-electron chi connectivity index (χ0n) is 7.30. The summed E-state index contributed by atoms with van der Waals surface area (Å²) in [5, 5.41) is 8.51. The lowest BCUT2D eigenvalue weighted by atomic mass is 10.3. The van der Waals surface area contributed by atoms with Crippen LogP contribution in [0.4, 0.5) is 0 Å². The Kier molecular flexibility index (Phi) is 3.40. The average molecular weight is 181 g/mol. The van der Waals surface area contributed by atoms with Crippen LogP contribution in [0.15, 0.2) is 24.4 Å². The Hall–Kier alpha value is -1.42. The number of hydrogen-bond acceptors (Lipinski definition) is 3. The maximum Gasteiger partial charge on any atom is 0.332 e. The van der Waals surface area contributed by atoms with E-state index >= 15 is 0 Å². The predicted molar refractivity (Wildman–Crippen MR) is 46.1 cm³/mol. The molecule has 0 aliphatic carbocycles. The molecule has 1 N–H and O–H groups in total. The maximum absolute atomic E-state index is 10.4. The first-order valence-corrected chi connectivity index (χ1v) is 3.94. The third kappa shape index (κ3) is 3.21. The van der Waals surface area contributed by atoms with Crippen LogP contribution in [0, 0.1) is 0 Å². The molecule has 0 aliphatic heterocycles. The number of carboxylic acid groups (broad SMARTS) is 1. The third-order valence-corrected chi connectivity index (χ3v) is 1.56. The number of nitrogens with zero attached hydrogens (tertiary/aromatic N) is 1. The van der Waals surface area contributed by atoms with E-state index in [1.165, 1.54) is 6.92 Å². The Balaban J connectivity index is 2.39. The number of pyridine rings is 1. The number of carboxylic acids is 1. The second-order valence-electron chi connectivity index (χ2n) is 2.61. The van der Waals surface area contributed by atoms with Crippen molar-refractivity contribution in [3.05, 3.63) is 30.1 Å². The summed E-state index contributed by atoms with van der Waals surface area (Å²) < 4.78 is 5.03. The van der Waals surface area contributed by atoms with E-state index in [-0.39, 0.29) is 6.61 Å². The van der Waals surface area contributed by atoms with Gasteiger partial charge in [0.2, 0.25) is 0 Å². The van der Waals surface area contributed by atoms with Crippen molar-refractivity contribution in [2.75, 3.05) is 0 Å². The van der Waals surface area contributed by atoms with Gasteiger partial charge in [-0.1, -0.05) is 6.07 Å². The number of carbonyl (C=O) groups is 1. The lowest BCUT2D eigenvalue weighted by molar-refractivity contribution is -0.149. The summed E-state index contributed by atoms with van der Waals surface area (Å²) in [6, 6.07) is 5.41. The van der Waals surface area contributed by atoms with Crippen molar-refractivity contribution in [2.24, 2.45) is 0 Å². The molecule has 13 heavy (non-hydrogen) atoms. The summed E-state index contributed by atoms with van der Waals surface area (Å²) in [4.78, 5) is 14.4. The van der Waals surface area contributed by atoms with Crippen LogP contribution in [0.2, 0.25) is 0 Å². The highest BCUT2D eigenvalue weighted by molar-refractivity contribution is 5.71. The molecule has 70 valence electrons. The summed E-state index contributed by atoms with van der Waals surface area (Å²) in [7, 11) is 0. The minimum absolute atomic E-state index is 0.230. The molecule has 4 nitrogen and oxygen atoms in total. The number of aliphatic carboxylic acids is 1. The Morgan fingerprint density at radius 2 is 2.46 bits per heavy atom. The van der Waals surface area contributed by atoms with Crippen molar-refractivity contribution in [3.8, 4) is 0 Å². The zero-order chi connectivity index (χ0) is 9.68. The van der Waals surface area contributed by atoms with Gasteiger partial charge in [-0.15, -0.1) is 0 Å². The lowest BCUT2D eigenvalue weighted by Crippen LogP contribution is -2.19. The van der Waals surface area contributed by atoms with Crippen LogP contribution < -0.4 is 0 Å². The van der Waals surface area contributed by atoms with E-state index in [4.69, 9.17) is 9.84 Å². The molecule has 0 aliphatic rings. The number of rotatable bonds is 4. The Morgan fingerprint density at radius 1 is 1.69 bits per heavy atom. The van der Waals surface area contributed by atoms with Gasteiger partial charge < -0.3 is 9.84 Å². The molecule has 1 aromatic rings. The quantitative estimate of drug-likeness (QED) is 0.754. The Bertz CT molecular complexity index is 273. The predicted octanol–water partition coefficient (Wildman–Crippen LogP) is 1.07. The van der Waals surface area contributed by atoms with Gasteiger partial charge in [0.05, 0.1) is 12.3 Å². The molecular weight excluding hydrogens is 170 g/mol. The van der Waals surface area contributed by atoms with Crippen LogP contribution in [-0.4, -0.2) is 22.2 Å². The smallest absolute Gasteiger partial charge is 0.332 e. The first-order valence-electron chi connectivity index (χ1n) is 3.94. The van der Waals surface area contributed by atoms with Gasteiger partial charge in [-0.3, -0.25) is 4.98 Å². The van der Waals surface area contributed by atoms with Gasteiger partial charge in [0.25, 0.3) is 0 Å². The van der Waals surface area contributed by atoms with E-state index in [1.54, 1.807) is 18.3 Å². The van der Waals surface area contributed by atoms with Gasteiger partial charge in [-0.05, 0) is 19.1 Å². The molecule has 4 heteroatoms. The second kappa shape index (κ2) is 4.57. The fourth-order valence-corrected chi connectivity index (χ4v) is 0.765. The molecule has 1 heterocycles. The first-order chi connectivity index (χ1) is 6.20. The SMILES string of the molecule is C[C@@H](OCc1ccccn1)C(=O)O. The molecule has 0 saturated carbocycles. The van der Waals surface area contributed by atoms with E-state index in [9.17, 15) is 4.79 Å². The average Bonchev–Trinajstić information content (AvgIpc) is 2.15. The van der Waals surface area contributed by atoms with E-state index < -0.39 is 12.1 Å². The third-order valence-electron chi connectivity index (χ3n) is 1.56. The van der Waals surface area contributed by atoms with Gasteiger partial charge in [0.15, 0.2) is 6.10 Å². The summed E-state index contributed by atoms with van der Waals surface area (Å²) in [5.74, 6) is -0.962. The molecule has 0 fully saturated rings. The van der Waals surface area contributed by atoms with Gasteiger partial charge in [-0.25, -0.2) is 4.79 Å². The number of hydrogen-bond donors (Lipinski definition) is 1. The van der Waals surface area contributed by atoms with Crippen molar-refractivity contribution in [2.45, 2.75) is 19.6 Å². The second-order valence-corrected chi connectivity index (χ2v) is 2.61. The first kappa shape index (κ1) is 9.67. The van der Waals surface area contributed by atoms with Gasteiger partial charge in [0.1, 0.15) is 0 Å². The van der Waals surface area contributed by atoms with Crippen LogP contribution in [0.25, 0.3) is 0 Å². The van der Waals surface area contributed by atoms with Crippen molar-refractivity contribution < 1.29 is 14.6 Å². The van der Waals surface area contributed by atoms with Crippen LogP contribution in [0.1, 0.15) is 12.6 Å².